The molecule has 0 aliphatic heterocycles. The summed E-state index contributed by atoms with van der Waals surface area (Å²) in [4.78, 5) is -0.144. The van der Waals surface area contributed by atoms with E-state index in [0.717, 1.165) is 0 Å². The predicted molar refractivity (Wildman–Crippen MR) is 57.4 cm³/mol. The van der Waals surface area contributed by atoms with Gasteiger partial charge in [-0.2, -0.15) is 13.7 Å². The maximum atomic E-state index is 11.1. The summed E-state index contributed by atoms with van der Waals surface area (Å²) < 4.78 is 32.8. The highest BCUT2D eigenvalue weighted by Crippen LogP contribution is 2.25. The Morgan fingerprint density at radius 1 is 1.44 bits per heavy atom. The maximum Gasteiger partial charge on any atom is 0.296 e. The fraction of sp³-hybridized carbons (Fsp3) is 0.100. The number of aryl methyl sites for hydroxylation is 1. The first-order chi connectivity index (χ1) is 7.43. The van der Waals surface area contributed by atoms with E-state index in [0.29, 0.717) is 16.5 Å². The van der Waals surface area contributed by atoms with E-state index in [-0.39, 0.29) is 4.90 Å². The van der Waals surface area contributed by atoms with Gasteiger partial charge in [0.05, 0.1) is 17.1 Å². The van der Waals surface area contributed by atoms with Gasteiger partial charge in [0.2, 0.25) is 0 Å². The summed E-state index contributed by atoms with van der Waals surface area (Å²) >= 11 is 0. The van der Waals surface area contributed by atoms with E-state index in [4.69, 9.17) is 9.81 Å². The highest BCUT2D eigenvalue weighted by molar-refractivity contribution is 7.86. The molecule has 1 aromatic heterocycles. The Morgan fingerprint density at radius 2 is 2.12 bits per heavy atom. The molecule has 1 heterocycles. The number of hydrogen-bond donors (Lipinski definition) is 1. The van der Waals surface area contributed by atoms with Gasteiger partial charge < -0.3 is 4.57 Å². The van der Waals surface area contributed by atoms with E-state index in [1.54, 1.807) is 17.7 Å². The smallest absolute Gasteiger partial charge is 0.296 e. The van der Waals surface area contributed by atoms with Gasteiger partial charge in [0, 0.05) is 18.6 Å². The Kier molecular flexibility index (Phi) is 2.22. The first kappa shape index (κ1) is 10.7. The minimum atomic E-state index is -4.23. The molecule has 0 spiro atoms. The zero-order chi connectivity index (χ0) is 11.9. The van der Waals surface area contributed by atoms with Crippen LogP contribution in [0.4, 0.5) is 0 Å². The molecule has 2 aromatic rings. The molecule has 0 radical (unpaired) electrons. The zero-order valence-corrected chi connectivity index (χ0v) is 9.19. The van der Waals surface area contributed by atoms with Gasteiger partial charge in [-0.25, -0.2) is 0 Å². The number of fused-ring (bicyclic) bond motifs is 1. The molecule has 0 aliphatic carbocycles. The third-order valence-corrected chi connectivity index (χ3v) is 3.24. The molecular weight excluding hydrogens is 228 g/mol. The van der Waals surface area contributed by atoms with Crippen molar-refractivity contribution in [3.8, 4) is 6.07 Å². The number of aromatic nitrogens is 1. The highest BCUT2D eigenvalue weighted by atomic mass is 32.2. The van der Waals surface area contributed by atoms with Crippen molar-refractivity contribution >= 4 is 21.0 Å². The van der Waals surface area contributed by atoms with Gasteiger partial charge in [-0.05, 0) is 12.1 Å². The molecule has 0 bridgehead atoms. The number of nitrogens with zero attached hydrogens (tertiary/aromatic N) is 2. The second kappa shape index (κ2) is 3.33. The standard InChI is InChI=1S/C10H8N2O3S/c1-12-6-10(16(13,14)15)8-3-2-7(5-11)4-9(8)12/h2-4,6H,1H3,(H,13,14,15). The lowest BCUT2D eigenvalue weighted by Crippen LogP contribution is -1.96. The normalized spacial score (nSPS) is 11.6. The molecule has 82 valence electrons. The van der Waals surface area contributed by atoms with Gasteiger partial charge in [-0.15, -0.1) is 0 Å². The van der Waals surface area contributed by atoms with Gasteiger partial charge in [0.1, 0.15) is 4.90 Å². The molecule has 1 aromatic carbocycles. The van der Waals surface area contributed by atoms with Crippen molar-refractivity contribution < 1.29 is 13.0 Å². The first-order valence-electron chi connectivity index (χ1n) is 4.40. The zero-order valence-electron chi connectivity index (χ0n) is 8.38. The van der Waals surface area contributed by atoms with Crippen LogP contribution in [0, 0.1) is 11.3 Å². The van der Waals surface area contributed by atoms with E-state index in [1.165, 1.54) is 18.3 Å². The summed E-state index contributed by atoms with van der Waals surface area (Å²) in [5.41, 5.74) is 1.03. The van der Waals surface area contributed by atoms with Crippen LogP contribution in [0.2, 0.25) is 0 Å². The van der Waals surface area contributed by atoms with Gasteiger partial charge in [0.15, 0.2) is 0 Å². The number of benzene rings is 1. The quantitative estimate of drug-likeness (QED) is 0.756. The Morgan fingerprint density at radius 3 is 2.69 bits per heavy atom. The predicted octanol–water partition coefficient (Wildman–Crippen LogP) is 1.30. The fourth-order valence-electron chi connectivity index (χ4n) is 1.62. The lowest BCUT2D eigenvalue weighted by molar-refractivity contribution is 0.484. The molecule has 0 aliphatic rings. The first-order valence-corrected chi connectivity index (χ1v) is 5.84. The third-order valence-electron chi connectivity index (χ3n) is 2.36. The average Bonchev–Trinajstić information content (AvgIpc) is 2.55. The van der Waals surface area contributed by atoms with Gasteiger partial charge in [-0.3, -0.25) is 4.55 Å². The van der Waals surface area contributed by atoms with Gasteiger partial charge in [-0.1, -0.05) is 6.07 Å². The van der Waals surface area contributed by atoms with Crippen molar-refractivity contribution in [2.75, 3.05) is 0 Å². The summed E-state index contributed by atoms with van der Waals surface area (Å²) in [5, 5.41) is 9.13. The van der Waals surface area contributed by atoms with E-state index in [1.807, 2.05) is 6.07 Å². The third kappa shape index (κ3) is 1.56. The monoisotopic (exact) mass is 236 g/mol. The largest absolute Gasteiger partial charge is 0.349 e. The summed E-state index contributed by atoms with van der Waals surface area (Å²) in [5.74, 6) is 0. The highest BCUT2D eigenvalue weighted by Gasteiger charge is 2.17. The molecule has 16 heavy (non-hydrogen) atoms. The molecule has 1 N–H and O–H groups in total. The lowest BCUT2D eigenvalue weighted by Gasteiger charge is -1.96. The number of nitriles is 1. The molecule has 0 amide bonds. The maximum absolute atomic E-state index is 11.1. The molecule has 2 rings (SSSR count). The van der Waals surface area contributed by atoms with Crippen LogP contribution >= 0.6 is 0 Å². The van der Waals surface area contributed by atoms with Gasteiger partial charge in [0.25, 0.3) is 10.1 Å². The number of rotatable bonds is 1. The van der Waals surface area contributed by atoms with E-state index >= 15 is 0 Å². The minimum absolute atomic E-state index is 0.144. The van der Waals surface area contributed by atoms with Crippen LogP contribution in [0.25, 0.3) is 10.9 Å². The second-order valence-corrected chi connectivity index (χ2v) is 4.81. The Bertz CT molecular complexity index is 707. The van der Waals surface area contributed by atoms with Crippen LogP contribution in [-0.2, 0) is 17.2 Å². The molecular formula is C10H8N2O3S. The molecule has 0 atom stereocenters. The summed E-state index contributed by atoms with van der Waals surface area (Å²) in [6.07, 6.45) is 1.32. The fourth-order valence-corrected chi connectivity index (χ4v) is 2.36. The molecule has 5 nitrogen and oxygen atoms in total. The van der Waals surface area contributed by atoms with Crippen molar-refractivity contribution in [2.45, 2.75) is 4.90 Å². The molecule has 6 heteroatoms. The number of hydrogen-bond acceptors (Lipinski definition) is 3. The van der Waals surface area contributed by atoms with E-state index in [2.05, 4.69) is 0 Å². The van der Waals surface area contributed by atoms with Crippen LogP contribution in [0.3, 0.4) is 0 Å². The van der Waals surface area contributed by atoms with Crippen LogP contribution in [0.5, 0.6) is 0 Å². The second-order valence-electron chi connectivity index (χ2n) is 3.42. The summed E-state index contributed by atoms with van der Waals surface area (Å²) in [7, 11) is -2.58. The van der Waals surface area contributed by atoms with Crippen LogP contribution in [0.15, 0.2) is 29.3 Å². The Balaban J connectivity index is 2.89. The van der Waals surface area contributed by atoms with Crippen LogP contribution in [0.1, 0.15) is 5.56 Å². The van der Waals surface area contributed by atoms with Crippen LogP contribution in [-0.4, -0.2) is 17.5 Å². The molecule has 0 saturated carbocycles. The lowest BCUT2D eigenvalue weighted by atomic mass is 10.2. The van der Waals surface area contributed by atoms with Crippen molar-refractivity contribution in [1.29, 1.82) is 5.26 Å². The molecule has 0 fully saturated rings. The Labute approximate surface area is 92.3 Å². The van der Waals surface area contributed by atoms with E-state index in [9.17, 15) is 8.42 Å². The molecule has 0 unspecified atom stereocenters. The summed E-state index contributed by atoms with van der Waals surface area (Å²) in [6.45, 7) is 0. The van der Waals surface area contributed by atoms with Crippen molar-refractivity contribution in [3.63, 3.8) is 0 Å². The van der Waals surface area contributed by atoms with E-state index < -0.39 is 10.1 Å². The average molecular weight is 236 g/mol. The van der Waals surface area contributed by atoms with Crippen molar-refractivity contribution in [3.05, 3.63) is 30.0 Å². The van der Waals surface area contributed by atoms with Gasteiger partial charge >= 0.3 is 0 Å². The van der Waals surface area contributed by atoms with Crippen molar-refractivity contribution in [2.24, 2.45) is 7.05 Å². The van der Waals surface area contributed by atoms with Crippen molar-refractivity contribution in [1.82, 2.24) is 4.57 Å². The molecule has 0 saturated heterocycles. The van der Waals surface area contributed by atoms with Crippen LogP contribution < -0.4 is 0 Å². The SMILES string of the molecule is Cn1cc(S(=O)(=O)O)c2ccc(C#N)cc21. The topological polar surface area (TPSA) is 83.1 Å². The Hall–Kier alpha value is -1.84. The minimum Gasteiger partial charge on any atom is -0.349 e. The summed E-state index contributed by atoms with van der Waals surface area (Å²) in [6, 6.07) is 6.56.